The van der Waals surface area contributed by atoms with Gasteiger partial charge >= 0.3 is 0 Å². The fraction of sp³-hybridized carbons (Fsp3) is 0.208. The molecule has 3 rings (SSSR count). The standard InChI is InChI=1S/C24H23BrCl2N2O5S/c1-15-11-18(33-9-2-10-35(28,31)32)5-7-21(15)29-24(30)13-16-3-8-22(20(27)12-16)34-23-14-17(26)4-6-19(23)25/h3-8,11-12,14H,2,9-10,13H2,1H3,(H,29,30)(H2,28,31,32). The molecule has 0 heterocycles. The lowest BCUT2D eigenvalue weighted by molar-refractivity contribution is -0.115. The fourth-order valence-corrected chi connectivity index (χ4v) is 4.36. The molecule has 3 aromatic carbocycles. The van der Waals surface area contributed by atoms with E-state index in [1.54, 1.807) is 54.6 Å². The van der Waals surface area contributed by atoms with Gasteiger partial charge in [-0.3, -0.25) is 4.79 Å². The van der Waals surface area contributed by atoms with Crippen molar-refractivity contribution in [2.75, 3.05) is 17.7 Å². The quantitative estimate of drug-likeness (QED) is 0.273. The summed E-state index contributed by atoms with van der Waals surface area (Å²) in [5.41, 5.74) is 2.16. The van der Waals surface area contributed by atoms with Crippen molar-refractivity contribution in [3.8, 4) is 17.2 Å². The molecule has 0 spiro atoms. The first kappa shape index (κ1) is 27.3. The zero-order valence-corrected chi connectivity index (χ0v) is 22.6. The molecule has 7 nitrogen and oxygen atoms in total. The van der Waals surface area contributed by atoms with Gasteiger partial charge in [0, 0.05) is 16.8 Å². The topological polar surface area (TPSA) is 108 Å². The van der Waals surface area contributed by atoms with Crippen molar-refractivity contribution in [2.24, 2.45) is 5.14 Å². The van der Waals surface area contributed by atoms with Crippen LogP contribution in [0.1, 0.15) is 17.5 Å². The molecule has 0 saturated heterocycles. The van der Waals surface area contributed by atoms with Crippen molar-refractivity contribution in [1.29, 1.82) is 0 Å². The molecule has 0 unspecified atom stereocenters. The van der Waals surface area contributed by atoms with Crippen LogP contribution in [0.4, 0.5) is 5.69 Å². The Balaban J connectivity index is 1.57. The molecule has 0 bridgehead atoms. The number of primary sulfonamides is 1. The number of rotatable bonds is 10. The number of carbonyl (C=O) groups excluding carboxylic acids is 1. The number of halogens is 3. The maximum absolute atomic E-state index is 12.6. The Kier molecular flexibility index (Phi) is 9.43. The van der Waals surface area contributed by atoms with E-state index >= 15 is 0 Å². The largest absolute Gasteiger partial charge is 0.494 e. The number of benzene rings is 3. The van der Waals surface area contributed by atoms with Gasteiger partial charge in [0.15, 0.2) is 0 Å². The van der Waals surface area contributed by atoms with Gasteiger partial charge in [0.25, 0.3) is 0 Å². The third-order valence-corrected chi connectivity index (χ3v) is 6.83. The number of nitrogens with one attached hydrogen (secondary N) is 1. The van der Waals surface area contributed by atoms with Crippen molar-refractivity contribution < 1.29 is 22.7 Å². The van der Waals surface area contributed by atoms with Crippen LogP contribution in [0, 0.1) is 6.92 Å². The maximum atomic E-state index is 12.6. The number of aryl methyl sites for hydroxylation is 1. The number of anilines is 1. The average Bonchev–Trinajstić information content (AvgIpc) is 2.77. The van der Waals surface area contributed by atoms with E-state index in [1.165, 1.54) is 0 Å². The minimum atomic E-state index is -3.51. The summed E-state index contributed by atoms with van der Waals surface area (Å²) in [6.45, 7) is 2.06. The number of sulfonamides is 1. The molecule has 0 fully saturated rings. The lowest BCUT2D eigenvalue weighted by atomic mass is 10.1. The SMILES string of the molecule is Cc1cc(OCCCS(N)(=O)=O)ccc1NC(=O)Cc1ccc(Oc2cc(Cl)ccc2Br)c(Cl)c1. The van der Waals surface area contributed by atoms with Gasteiger partial charge < -0.3 is 14.8 Å². The number of nitrogens with two attached hydrogens (primary N) is 1. The van der Waals surface area contributed by atoms with E-state index < -0.39 is 10.0 Å². The van der Waals surface area contributed by atoms with Crippen molar-refractivity contribution in [3.63, 3.8) is 0 Å². The second kappa shape index (κ2) is 12.1. The highest BCUT2D eigenvalue weighted by Crippen LogP contribution is 2.36. The summed E-state index contributed by atoms with van der Waals surface area (Å²) in [5.74, 6) is 1.18. The Bertz CT molecular complexity index is 1340. The molecule has 11 heteroatoms. The Morgan fingerprint density at radius 2 is 1.83 bits per heavy atom. The van der Waals surface area contributed by atoms with Gasteiger partial charge in [-0.25, -0.2) is 13.6 Å². The first-order valence-electron chi connectivity index (χ1n) is 10.5. The lowest BCUT2D eigenvalue weighted by Gasteiger charge is -2.13. The van der Waals surface area contributed by atoms with Crippen molar-refractivity contribution in [1.82, 2.24) is 0 Å². The summed E-state index contributed by atoms with van der Waals surface area (Å²) in [7, 11) is -3.51. The van der Waals surface area contributed by atoms with Crippen molar-refractivity contribution in [3.05, 3.63) is 80.2 Å². The van der Waals surface area contributed by atoms with Gasteiger partial charge in [0.2, 0.25) is 15.9 Å². The third kappa shape index (κ3) is 8.70. The molecular formula is C24H23BrCl2N2O5S. The first-order valence-corrected chi connectivity index (χ1v) is 13.7. The van der Waals surface area contributed by atoms with E-state index in [4.69, 9.17) is 37.8 Å². The van der Waals surface area contributed by atoms with E-state index in [0.29, 0.717) is 39.4 Å². The predicted molar refractivity (Wildman–Crippen MR) is 142 cm³/mol. The number of carbonyl (C=O) groups is 1. The minimum Gasteiger partial charge on any atom is -0.494 e. The van der Waals surface area contributed by atoms with Crippen LogP contribution in [0.15, 0.2) is 59.1 Å². The van der Waals surface area contributed by atoms with Crippen LogP contribution in [0.3, 0.4) is 0 Å². The van der Waals surface area contributed by atoms with Crippen LogP contribution in [-0.2, 0) is 21.2 Å². The van der Waals surface area contributed by atoms with Gasteiger partial charge in [-0.2, -0.15) is 0 Å². The molecule has 0 aliphatic heterocycles. The molecule has 0 atom stereocenters. The highest BCUT2D eigenvalue weighted by molar-refractivity contribution is 9.10. The molecule has 35 heavy (non-hydrogen) atoms. The summed E-state index contributed by atoms with van der Waals surface area (Å²) in [6.07, 6.45) is 0.408. The van der Waals surface area contributed by atoms with Gasteiger partial charge in [-0.05, 0) is 82.9 Å². The lowest BCUT2D eigenvalue weighted by Crippen LogP contribution is -2.18. The second-order valence-corrected chi connectivity index (χ2v) is 11.1. The molecular weight excluding hydrogens is 579 g/mol. The summed E-state index contributed by atoms with van der Waals surface area (Å²) in [4.78, 5) is 12.6. The molecule has 0 aliphatic rings. The Morgan fingerprint density at radius 3 is 2.51 bits per heavy atom. The highest BCUT2D eigenvalue weighted by Gasteiger charge is 2.12. The molecule has 0 saturated carbocycles. The maximum Gasteiger partial charge on any atom is 0.228 e. The van der Waals surface area contributed by atoms with Crippen molar-refractivity contribution >= 4 is 60.7 Å². The van der Waals surface area contributed by atoms with Gasteiger partial charge in [0.1, 0.15) is 17.2 Å². The van der Waals surface area contributed by atoms with E-state index in [1.807, 2.05) is 6.92 Å². The average molecular weight is 602 g/mol. The minimum absolute atomic E-state index is 0.117. The van der Waals surface area contributed by atoms with Crippen LogP contribution >= 0.6 is 39.1 Å². The Hall–Kier alpha value is -2.30. The summed E-state index contributed by atoms with van der Waals surface area (Å²) < 4.78 is 34.1. The zero-order valence-electron chi connectivity index (χ0n) is 18.7. The van der Waals surface area contributed by atoms with Crippen LogP contribution in [0.2, 0.25) is 10.0 Å². The molecule has 0 radical (unpaired) electrons. The van der Waals surface area contributed by atoms with E-state index in [-0.39, 0.29) is 24.7 Å². The van der Waals surface area contributed by atoms with Gasteiger partial charge in [-0.1, -0.05) is 29.3 Å². The molecule has 1 amide bonds. The predicted octanol–water partition coefficient (Wildman–Crippen LogP) is 6.10. The molecule has 3 N–H and O–H groups in total. The molecule has 0 aromatic heterocycles. The number of amides is 1. The summed E-state index contributed by atoms with van der Waals surface area (Å²) >= 11 is 15.8. The zero-order chi connectivity index (χ0) is 25.6. The Morgan fingerprint density at radius 1 is 1.06 bits per heavy atom. The number of ether oxygens (including phenoxy) is 2. The normalized spacial score (nSPS) is 11.2. The molecule has 3 aromatic rings. The smallest absolute Gasteiger partial charge is 0.228 e. The van der Waals surface area contributed by atoms with Crippen LogP contribution in [0.25, 0.3) is 0 Å². The first-order chi connectivity index (χ1) is 16.5. The van der Waals surface area contributed by atoms with E-state index in [2.05, 4.69) is 21.2 Å². The number of hydrogen-bond donors (Lipinski definition) is 2. The van der Waals surface area contributed by atoms with E-state index in [0.717, 1.165) is 15.6 Å². The van der Waals surface area contributed by atoms with E-state index in [9.17, 15) is 13.2 Å². The molecule has 0 aliphatic carbocycles. The van der Waals surface area contributed by atoms with Gasteiger partial charge in [0.05, 0.1) is 28.3 Å². The van der Waals surface area contributed by atoms with Gasteiger partial charge in [-0.15, -0.1) is 0 Å². The monoisotopic (exact) mass is 600 g/mol. The second-order valence-electron chi connectivity index (χ2n) is 7.71. The summed E-state index contributed by atoms with van der Waals surface area (Å²) in [5, 5.41) is 8.74. The summed E-state index contributed by atoms with van der Waals surface area (Å²) in [6, 6.07) is 15.5. The number of hydrogen-bond acceptors (Lipinski definition) is 5. The fourth-order valence-electron chi connectivity index (χ4n) is 3.11. The van der Waals surface area contributed by atoms with Crippen LogP contribution in [0.5, 0.6) is 17.2 Å². The van der Waals surface area contributed by atoms with Crippen molar-refractivity contribution in [2.45, 2.75) is 19.8 Å². The Labute approximate surface area is 222 Å². The highest BCUT2D eigenvalue weighted by atomic mass is 79.9. The third-order valence-electron chi connectivity index (χ3n) is 4.79. The van der Waals surface area contributed by atoms with Crippen LogP contribution in [-0.4, -0.2) is 26.7 Å². The van der Waals surface area contributed by atoms with Crippen LogP contribution < -0.4 is 19.9 Å². The molecule has 186 valence electrons.